The van der Waals surface area contributed by atoms with Crippen LogP contribution in [-0.2, 0) is 6.42 Å². The third-order valence-corrected chi connectivity index (χ3v) is 3.67. The fourth-order valence-corrected chi connectivity index (χ4v) is 2.47. The molecular weight excluding hydrogens is 284 g/mol. The molecule has 1 aromatic heterocycles. The largest absolute Gasteiger partial charge is 0.497 e. The van der Waals surface area contributed by atoms with E-state index in [1.54, 1.807) is 20.1 Å². The number of hydrogen-bond donors (Lipinski definition) is 1. The third-order valence-electron chi connectivity index (χ3n) is 3.67. The molecule has 3 rings (SSSR count). The van der Waals surface area contributed by atoms with Crippen molar-refractivity contribution < 1.29 is 18.8 Å². The topological polar surface area (TPSA) is 73.6 Å². The highest BCUT2D eigenvalue weighted by Gasteiger charge is 2.21. The zero-order chi connectivity index (χ0) is 15.5. The highest BCUT2D eigenvalue weighted by molar-refractivity contribution is 5.92. The second-order valence-corrected chi connectivity index (χ2v) is 5.39. The number of ether oxygens (including phenoxy) is 2. The van der Waals surface area contributed by atoms with Crippen LogP contribution >= 0.6 is 0 Å². The van der Waals surface area contributed by atoms with Gasteiger partial charge < -0.3 is 19.3 Å². The number of nitrogens with zero attached hydrogens (tertiary/aromatic N) is 1. The van der Waals surface area contributed by atoms with Gasteiger partial charge in [0.1, 0.15) is 17.3 Å². The van der Waals surface area contributed by atoms with E-state index in [1.165, 1.54) is 0 Å². The first-order chi connectivity index (χ1) is 10.7. The molecule has 1 atom stereocenters. The zero-order valence-corrected chi connectivity index (χ0v) is 12.6. The van der Waals surface area contributed by atoms with Crippen molar-refractivity contribution in [1.29, 1.82) is 0 Å². The van der Waals surface area contributed by atoms with Crippen molar-refractivity contribution in [3.05, 3.63) is 41.3 Å². The number of fused-ring (bicyclic) bond motifs is 1. The number of methoxy groups -OCH3 is 1. The van der Waals surface area contributed by atoms with Gasteiger partial charge >= 0.3 is 0 Å². The van der Waals surface area contributed by atoms with Gasteiger partial charge in [-0.05, 0) is 25.0 Å². The van der Waals surface area contributed by atoms with Gasteiger partial charge in [0.2, 0.25) is 0 Å². The number of amides is 1. The number of benzene rings is 1. The van der Waals surface area contributed by atoms with Crippen LogP contribution in [0.4, 0.5) is 0 Å². The lowest BCUT2D eigenvalue weighted by molar-refractivity contribution is 0.0930. The molecule has 0 saturated carbocycles. The Hall–Kier alpha value is -2.50. The smallest absolute Gasteiger partial charge is 0.273 e. The van der Waals surface area contributed by atoms with Crippen LogP contribution < -0.4 is 14.8 Å². The fraction of sp³-hybridized carbons (Fsp3) is 0.375. The molecule has 2 heterocycles. The van der Waals surface area contributed by atoms with E-state index in [1.807, 2.05) is 18.2 Å². The Labute approximate surface area is 128 Å². The lowest BCUT2D eigenvalue weighted by Gasteiger charge is -2.25. The van der Waals surface area contributed by atoms with Gasteiger partial charge in [-0.15, -0.1) is 0 Å². The van der Waals surface area contributed by atoms with Gasteiger partial charge in [-0.1, -0.05) is 11.2 Å². The average molecular weight is 302 g/mol. The van der Waals surface area contributed by atoms with Crippen LogP contribution in [-0.4, -0.2) is 31.3 Å². The van der Waals surface area contributed by atoms with Crippen molar-refractivity contribution in [2.45, 2.75) is 13.3 Å². The molecule has 2 aromatic rings. The highest BCUT2D eigenvalue weighted by Crippen LogP contribution is 2.30. The molecule has 1 amide bonds. The molecule has 0 radical (unpaired) electrons. The normalized spacial score (nSPS) is 16.5. The van der Waals surface area contributed by atoms with Gasteiger partial charge in [-0.3, -0.25) is 4.79 Å². The lowest BCUT2D eigenvalue weighted by atomic mass is 9.96. The summed E-state index contributed by atoms with van der Waals surface area (Å²) in [7, 11) is 1.63. The molecule has 116 valence electrons. The number of aromatic nitrogens is 1. The van der Waals surface area contributed by atoms with Crippen molar-refractivity contribution in [3.8, 4) is 11.5 Å². The van der Waals surface area contributed by atoms with Gasteiger partial charge in [-0.25, -0.2) is 0 Å². The second kappa shape index (κ2) is 6.09. The molecule has 1 N–H and O–H groups in total. The van der Waals surface area contributed by atoms with Gasteiger partial charge in [0, 0.05) is 24.6 Å². The molecule has 1 aliphatic rings. The van der Waals surface area contributed by atoms with Gasteiger partial charge in [-0.2, -0.15) is 0 Å². The Kier molecular flexibility index (Phi) is 4.00. The predicted octanol–water partition coefficient (Wildman–Crippen LogP) is 1.97. The van der Waals surface area contributed by atoms with Gasteiger partial charge in [0.05, 0.1) is 13.7 Å². The van der Waals surface area contributed by atoms with E-state index >= 15 is 0 Å². The molecule has 22 heavy (non-hydrogen) atoms. The van der Waals surface area contributed by atoms with Crippen LogP contribution in [0.5, 0.6) is 11.5 Å². The Morgan fingerprint density at radius 1 is 1.45 bits per heavy atom. The molecule has 0 aliphatic carbocycles. The summed E-state index contributed by atoms with van der Waals surface area (Å²) in [6, 6.07) is 7.43. The number of carbonyl (C=O) groups is 1. The number of nitrogens with one attached hydrogen (secondary N) is 1. The minimum Gasteiger partial charge on any atom is -0.497 e. The van der Waals surface area contributed by atoms with Gasteiger partial charge in [0.25, 0.3) is 5.91 Å². The first-order valence-electron chi connectivity index (χ1n) is 7.17. The monoisotopic (exact) mass is 302 g/mol. The Morgan fingerprint density at radius 3 is 3.05 bits per heavy atom. The van der Waals surface area contributed by atoms with Crippen LogP contribution in [0.25, 0.3) is 0 Å². The SMILES string of the molecule is COc1ccc2c(c1)OC[C@H](CNC(=O)c1cc(C)on1)C2. The Bertz CT molecular complexity index is 681. The summed E-state index contributed by atoms with van der Waals surface area (Å²) in [6.07, 6.45) is 0.859. The number of aryl methyl sites for hydroxylation is 1. The highest BCUT2D eigenvalue weighted by atomic mass is 16.5. The summed E-state index contributed by atoms with van der Waals surface area (Å²) in [6.45, 7) is 2.86. The van der Waals surface area contributed by atoms with E-state index in [0.717, 1.165) is 23.5 Å². The summed E-state index contributed by atoms with van der Waals surface area (Å²) in [5, 5.41) is 6.57. The summed E-state index contributed by atoms with van der Waals surface area (Å²) in [5.74, 6) is 2.27. The quantitative estimate of drug-likeness (QED) is 0.934. The Morgan fingerprint density at radius 2 is 2.32 bits per heavy atom. The molecule has 0 spiro atoms. The van der Waals surface area contributed by atoms with Crippen molar-refractivity contribution in [1.82, 2.24) is 10.5 Å². The first-order valence-corrected chi connectivity index (χ1v) is 7.17. The van der Waals surface area contributed by atoms with Crippen LogP contribution in [0.1, 0.15) is 21.8 Å². The molecule has 0 saturated heterocycles. The van der Waals surface area contributed by atoms with E-state index in [-0.39, 0.29) is 11.8 Å². The summed E-state index contributed by atoms with van der Waals surface area (Å²) < 4.78 is 15.8. The number of carbonyl (C=O) groups excluding carboxylic acids is 1. The minimum absolute atomic E-state index is 0.225. The van der Waals surface area contributed by atoms with Crippen LogP contribution in [0.15, 0.2) is 28.8 Å². The maximum absolute atomic E-state index is 11.9. The molecule has 0 fully saturated rings. The maximum Gasteiger partial charge on any atom is 0.273 e. The standard InChI is InChI=1S/C16H18N2O4/c1-10-5-14(18-22-10)16(19)17-8-11-6-12-3-4-13(20-2)7-15(12)21-9-11/h3-5,7,11H,6,8-9H2,1-2H3,(H,17,19)/t11-/m0/s1. The fourth-order valence-electron chi connectivity index (χ4n) is 2.47. The number of hydrogen-bond acceptors (Lipinski definition) is 5. The second-order valence-electron chi connectivity index (χ2n) is 5.39. The maximum atomic E-state index is 11.9. The molecule has 0 bridgehead atoms. The van der Waals surface area contributed by atoms with Gasteiger partial charge in [0.15, 0.2) is 5.69 Å². The number of rotatable bonds is 4. The molecule has 6 heteroatoms. The summed E-state index contributed by atoms with van der Waals surface area (Å²) in [5.41, 5.74) is 1.43. The molecular formula is C16H18N2O4. The van der Waals surface area contributed by atoms with Crippen LogP contribution in [0.3, 0.4) is 0 Å². The molecule has 0 unspecified atom stereocenters. The van der Waals surface area contributed by atoms with Crippen LogP contribution in [0, 0.1) is 12.8 Å². The van der Waals surface area contributed by atoms with E-state index < -0.39 is 0 Å². The Balaban J connectivity index is 1.57. The average Bonchev–Trinajstić information content (AvgIpc) is 2.98. The van der Waals surface area contributed by atoms with E-state index in [0.29, 0.717) is 24.6 Å². The van der Waals surface area contributed by atoms with E-state index in [2.05, 4.69) is 10.5 Å². The van der Waals surface area contributed by atoms with Crippen molar-refractivity contribution in [2.24, 2.45) is 5.92 Å². The molecule has 6 nitrogen and oxygen atoms in total. The molecule has 1 aromatic carbocycles. The predicted molar refractivity (Wildman–Crippen MR) is 79.3 cm³/mol. The zero-order valence-electron chi connectivity index (χ0n) is 12.6. The minimum atomic E-state index is -0.225. The van der Waals surface area contributed by atoms with Crippen molar-refractivity contribution >= 4 is 5.91 Å². The molecule has 1 aliphatic heterocycles. The lowest BCUT2D eigenvalue weighted by Crippen LogP contribution is -2.34. The van der Waals surface area contributed by atoms with E-state index in [4.69, 9.17) is 14.0 Å². The summed E-state index contributed by atoms with van der Waals surface area (Å²) in [4.78, 5) is 11.9. The van der Waals surface area contributed by atoms with E-state index in [9.17, 15) is 4.79 Å². The van der Waals surface area contributed by atoms with Crippen molar-refractivity contribution in [3.63, 3.8) is 0 Å². The van der Waals surface area contributed by atoms with Crippen LogP contribution in [0.2, 0.25) is 0 Å². The third kappa shape index (κ3) is 3.05. The first kappa shape index (κ1) is 14.4. The summed E-state index contributed by atoms with van der Waals surface area (Å²) >= 11 is 0. The van der Waals surface area contributed by atoms with Crippen molar-refractivity contribution in [2.75, 3.05) is 20.3 Å².